The summed E-state index contributed by atoms with van der Waals surface area (Å²) in [6.07, 6.45) is 0.0286. The van der Waals surface area contributed by atoms with E-state index in [1.807, 2.05) is 12.1 Å². The Balaban J connectivity index is 2.14. The summed E-state index contributed by atoms with van der Waals surface area (Å²) in [6.45, 7) is 13.3. The van der Waals surface area contributed by atoms with Gasteiger partial charge < -0.3 is 14.6 Å². The summed E-state index contributed by atoms with van der Waals surface area (Å²) >= 11 is 3.54. The van der Waals surface area contributed by atoms with Gasteiger partial charge in [0.05, 0.1) is 20.3 Å². The molecule has 1 aliphatic rings. The highest BCUT2D eigenvalue weighted by molar-refractivity contribution is 9.10. The minimum absolute atomic E-state index is 0.0822. The lowest BCUT2D eigenvalue weighted by atomic mass is 9.71. The minimum Gasteiger partial charge on any atom is -0.496 e. The molecular formula is C29H35BrO3. The van der Waals surface area contributed by atoms with Gasteiger partial charge in [-0.2, -0.15) is 0 Å². The average molecular weight is 512 g/mol. The van der Waals surface area contributed by atoms with E-state index in [-0.39, 0.29) is 16.7 Å². The normalized spacial score (nSPS) is 18.5. The SMILES string of the molecule is COc1c(C(C)(C)C)cc2cc(C(C)(C)C)c(OC)c3c2c1CC(c1ccc(Br)cc1)C3O. The molecule has 0 saturated carbocycles. The molecule has 4 heteroatoms. The molecule has 0 fully saturated rings. The van der Waals surface area contributed by atoms with Crippen molar-refractivity contribution >= 4 is 26.7 Å². The summed E-state index contributed by atoms with van der Waals surface area (Å²) in [6, 6.07) is 12.8. The van der Waals surface area contributed by atoms with Crippen LogP contribution in [0.4, 0.5) is 0 Å². The van der Waals surface area contributed by atoms with Crippen LogP contribution in [0.3, 0.4) is 0 Å². The van der Waals surface area contributed by atoms with Crippen LogP contribution in [0.1, 0.15) is 81.4 Å². The number of aliphatic hydroxyl groups excluding tert-OH is 1. The zero-order valence-electron chi connectivity index (χ0n) is 21.0. The van der Waals surface area contributed by atoms with Gasteiger partial charge in [-0.15, -0.1) is 0 Å². The summed E-state index contributed by atoms with van der Waals surface area (Å²) in [5, 5.41) is 14.0. The number of benzene rings is 3. The topological polar surface area (TPSA) is 38.7 Å². The average Bonchev–Trinajstić information content (AvgIpc) is 2.74. The second kappa shape index (κ2) is 8.32. The van der Waals surface area contributed by atoms with Gasteiger partial charge in [-0.25, -0.2) is 0 Å². The lowest BCUT2D eigenvalue weighted by Crippen LogP contribution is -2.24. The molecule has 1 aliphatic carbocycles. The van der Waals surface area contributed by atoms with E-state index in [1.54, 1.807) is 14.2 Å². The van der Waals surface area contributed by atoms with Crippen molar-refractivity contribution in [2.24, 2.45) is 0 Å². The first-order valence-corrected chi connectivity index (χ1v) is 12.4. The van der Waals surface area contributed by atoms with Gasteiger partial charge in [-0.1, -0.05) is 69.6 Å². The maximum Gasteiger partial charge on any atom is 0.129 e. The molecule has 176 valence electrons. The molecule has 2 unspecified atom stereocenters. The molecule has 0 aromatic heterocycles. The molecule has 0 radical (unpaired) electrons. The van der Waals surface area contributed by atoms with Gasteiger partial charge in [-0.3, -0.25) is 0 Å². The largest absolute Gasteiger partial charge is 0.496 e. The van der Waals surface area contributed by atoms with E-state index >= 15 is 0 Å². The fourth-order valence-corrected chi connectivity index (χ4v) is 5.51. The summed E-state index contributed by atoms with van der Waals surface area (Å²) in [5.74, 6) is 1.62. The number of hydrogen-bond acceptors (Lipinski definition) is 3. The third-order valence-corrected chi connectivity index (χ3v) is 7.42. The van der Waals surface area contributed by atoms with Crippen LogP contribution in [-0.2, 0) is 17.3 Å². The van der Waals surface area contributed by atoms with Crippen LogP contribution in [0, 0.1) is 0 Å². The van der Waals surface area contributed by atoms with Crippen molar-refractivity contribution in [3.05, 3.63) is 68.7 Å². The van der Waals surface area contributed by atoms with Gasteiger partial charge in [0.25, 0.3) is 0 Å². The highest BCUT2D eigenvalue weighted by Crippen LogP contribution is 2.54. The Bertz CT molecular complexity index is 1190. The summed E-state index contributed by atoms with van der Waals surface area (Å²) in [4.78, 5) is 0. The highest BCUT2D eigenvalue weighted by Gasteiger charge is 2.38. The Kier molecular flexibility index (Phi) is 6.07. The first-order chi connectivity index (χ1) is 15.4. The second-order valence-electron chi connectivity index (χ2n) is 11.2. The van der Waals surface area contributed by atoms with Gasteiger partial charge in [0, 0.05) is 32.6 Å². The van der Waals surface area contributed by atoms with Crippen molar-refractivity contribution in [1.29, 1.82) is 0 Å². The first-order valence-electron chi connectivity index (χ1n) is 11.6. The number of methoxy groups -OCH3 is 2. The fraction of sp³-hybridized carbons (Fsp3) is 0.448. The lowest BCUT2D eigenvalue weighted by Gasteiger charge is -2.37. The van der Waals surface area contributed by atoms with Gasteiger partial charge in [0.1, 0.15) is 11.5 Å². The first kappa shape index (κ1) is 24.1. The Labute approximate surface area is 206 Å². The Morgan fingerprint density at radius 3 is 1.85 bits per heavy atom. The number of ether oxygens (including phenoxy) is 2. The van der Waals surface area contributed by atoms with Crippen molar-refractivity contribution in [1.82, 2.24) is 0 Å². The van der Waals surface area contributed by atoms with Crippen LogP contribution < -0.4 is 9.47 Å². The van der Waals surface area contributed by atoms with Gasteiger partial charge in [0.15, 0.2) is 0 Å². The molecule has 0 spiro atoms. The molecule has 0 heterocycles. The molecule has 0 amide bonds. The molecule has 0 saturated heterocycles. The van der Waals surface area contributed by atoms with Crippen molar-refractivity contribution in [3.8, 4) is 11.5 Å². The molecule has 3 aromatic rings. The van der Waals surface area contributed by atoms with E-state index in [4.69, 9.17) is 9.47 Å². The van der Waals surface area contributed by atoms with Crippen molar-refractivity contribution in [2.45, 2.75) is 70.8 Å². The Morgan fingerprint density at radius 1 is 0.848 bits per heavy atom. The molecule has 0 bridgehead atoms. The van der Waals surface area contributed by atoms with Crippen LogP contribution in [0.15, 0.2) is 40.9 Å². The zero-order chi connectivity index (χ0) is 24.3. The summed E-state index contributed by atoms with van der Waals surface area (Å²) in [5.41, 5.74) is 5.23. The van der Waals surface area contributed by atoms with Gasteiger partial charge in [0.2, 0.25) is 0 Å². The third kappa shape index (κ3) is 4.06. The van der Waals surface area contributed by atoms with Crippen molar-refractivity contribution < 1.29 is 14.6 Å². The quantitative estimate of drug-likeness (QED) is 0.394. The van der Waals surface area contributed by atoms with Crippen LogP contribution >= 0.6 is 15.9 Å². The smallest absolute Gasteiger partial charge is 0.129 e. The number of rotatable bonds is 3. The lowest BCUT2D eigenvalue weighted by molar-refractivity contribution is 0.138. The number of halogens is 1. The minimum atomic E-state index is -0.677. The molecule has 1 N–H and O–H groups in total. The van der Waals surface area contributed by atoms with Crippen molar-refractivity contribution in [2.75, 3.05) is 14.2 Å². The highest BCUT2D eigenvalue weighted by atomic mass is 79.9. The molecule has 2 atom stereocenters. The Hall–Kier alpha value is -2.04. The van der Waals surface area contributed by atoms with Crippen LogP contribution in [-0.4, -0.2) is 19.3 Å². The monoisotopic (exact) mass is 510 g/mol. The van der Waals surface area contributed by atoms with Crippen LogP contribution in [0.5, 0.6) is 11.5 Å². The van der Waals surface area contributed by atoms with E-state index in [1.165, 1.54) is 5.56 Å². The van der Waals surface area contributed by atoms with E-state index < -0.39 is 6.10 Å². The van der Waals surface area contributed by atoms with E-state index in [2.05, 4.69) is 81.7 Å². The zero-order valence-corrected chi connectivity index (χ0v) is 22.6. The maximum absolute atomic E-state index is 11.8. The molecular weight excluding hydrogens is 476 g/mol. The molecule has 4 rings (SSSR count). The van der Waals surface area contributed by atoms with Crippen LogP contribution in [0.25, 0.3) is 10.8 Å². The molecule has 33 heavy (non-hydrogen) atoms. The third-order valence-electron chi connectivity index (χ3n) is 6.89. The van der Waals surface area contributed by atoms with E-state index in [9.17, 15) is 5.11 Å². The Morgan fingerprint density at radius 2 is 1.36 bits per heavy atom. The summed E-state index contributed by atoms with van der Waals surface area (Å²) in [7, 11) is 3.47. The second-order valence-corrected chi connectivity index (χ2v) is 12.1. The maximum atomic E-state index is 11.8. The predicted octanol–water partition coefficient (Wildman–Crippen LogP) is 7.59. The van der Waals surface area contributed by atoms with E-state index in [0.29, 0.717) is 6.42 Å². The standard InChI is InChI=1S/C29H35BrO3/c1-28(2,3)21-13-17-14-22(29(4,5)6)27(33-8)24-23(17)20(26(21)32-7)15-19(25(24)31)16-9-11-18(30)12-10-16/h9-14,19,25,31H,15H2,1-8H3. The van der Waals surface area contributed by atoms with E-state index in [0.717, 1.165) is 49.0 Å². The van der Waals surface area contributed by atoms with Crippen molar-refractivity contribution in [3.63, 3.8) is 0 Å². The molecule has 3 aromatic carbocycles. The predicted molar refractivity (Wildman–Crippen MR) is 140 cm³/mol. The summed E-state index contributed by atoms with van der Waals surface area (Å²) < 4.78 is 13.1. The van der Waals surface area contributed by atoms with Gasteiger partial charge in [-0.05, 0) is 57.9 Å². The van der Waals surface area contributed by atoms with Gasteiger partial charge >= 0.3 is 0 Å². The molecule has 0 aliphatic heterocycles. The number of hydrogen-bond donors (Lipinski definition) is 1. The molecule has 3 nitrogen and oxygen atoms in total. The fourth-order valence-electron chi connectivity index (χ4n) is 5.24. The van der Waals surface area contributed by atoms with Crippen LogP contribution in [0.2, 0.25) is 0 Å². The number of aliphatic hydroxyl groups is 1.